The number of hydrogen-bond acceptors (Lipinski definition) is 5. The van der Waals surface area contributed by atoms with Gasteiger partial charge in [0.1, 0.15) is 0 Å². The van der Waals surface area contributed by atoms with Gasteiger partial charge in [-0.1, -0.05) is 12.1 Å². The van der Waals surface area contributed by atoms with E-state index in [0.717, 1.165) is 31.1 Å². The highest BCUT2D eigenvalue weighted by atomic mass is 15.3. The molecule has 4 rings (SSSR count). The lowest BCUT2D eigenvalue weighted by Crippen LogP contribution is -2.39. The molecule has 1 unspecified atom stereocenters. The summed E-state index contributed by atoms with van der Waals surface area (Å²) in [6.07, 6.45) is 7.91. The molecule has 1 aliphatic rings. The summed E-state index contributed by atoms with van der Waals surface area (Å²) in [6, 6.07) is 15.1. The molecular formula is C20H24N6. The molecule has 0 spiro atoms. The molecule has 1 saturated heterocycles. The number of hydrogen-bond donors (Lipinski definition) is 0. The van der Waals surface area contributed by atoms with Gasteiger partial charge in [-0.25, -0.2) is 4.68 Å². The maximum absolute atomic E-state index is 4.29. The maximum atomic E-state index is 4.29. The lowest BCUT2D eigenvalue weighted by molar-refractivity contribution is 0.303. The number of likely N-dealkylation sites (N-methyl/N-ethyl adjacent to an activating group) is 1. The van der Waals surface area contributed by atoms with Crippen molar-refractivity contribution in [3.8, 4) is 5.69 Å². The SMILES string of the molecule is CN(Cc1ccc(-n2cccn2)cc1)CC1CCCN1c1cccnn1. The highest BCUT2D eigenvalue weighted by Gasteiger charge is 2.26. The van der Waals surface area contributed by atoms with Gasteiger partial charge in [0.05, 0.1) is 5.69 Å². The first-order chi connectivity index (χ1) is 12.8. The van der Waals surface area contributed by atoms with Crippen LogP contribution in [-0.4, -0.2) is 51.1 Å². The molecule has 0 N–H and O–H groups in total. The second kappa shape index (κ2) is 7.66. The molecule has 6 heteroatoms. The minimum atomic E-state index is 0.500. The van der Waals surface area contributed by atoms with E-state index in [4.69, 9.17) is 0 Å². The van der Waals surface area contributed by atoms with Gasteiger partial charge in [0.25, 0.3) is 0 Å². The Morgan fingerprint density at radius 3 is 2.73 bits per heavy atom. The van der Waals surface area contributed by atoms with Crippen molar-refractivity contribution in [1.29, 1.82) is 0 Å². The van der Waals surface area contributed by atoms with Gasteiger partial charge in [-0.2, -0.15) is 10.2 Å². The van der Waals surface area contributed by atoms with Crippen LogP contribution < -0.4 is 4.90 Å². The van der Waals surface area contributed by atoms with E-state index in [9.17, 15) is 0 Å². The summed E-state index contributed by atoms with van der Waals surface area (Å²) in [5.41, 5.74) is 2.40. The van der Waals surface area contributed by atoms with Gasteiger partial charge in [-0.3, -0.25) is 0 Å². The topological polar surface area (TPSA) is 50.1 Å². The fraction of sp³-hybridized carbons (Fsp3) is 0.350. The molecule has 1 aromatic carbocycles. The molecule has 134 valence electrons. The molecule has 0 bridgehead atoms. The van der Waals surface area contributed by atoms with Crippen molar-refractivity contribution in [2.45, 2.75) is 25.4 Å². The van der Waals surface area contributed by atoms with Crippen LogP contribution in [0.4, 0.5) is 5.82 Å². The Hall–Kier alpha value is -2.73. The molecule has 1 aliphatic heterocycles. The molecule has 0 saturated carbocycles. The Balaban J connectivity index is 1.37. The fourth-order valence-corrected chi connectivity index (χ4v) is 3.69. The van der Waals surface area contributed by atoms with Crippen molar-refractivity contribution < 1.29 is 0 Å². The van der Waals surface area contributed by atoms with Crippen LogP contribution in [0.25, 0.3) is 5.69 Å². The van der Waals surface area contributed by atoms with E-state index in [2.05, 4.69) is 62.5 Å². The Labute approximate surface area is 154 Å². The first-order valence-corrected chi connectivity index (χ1v) is 9.11. The largest absolute Gasteiger partial charge is 0.351 e. The molecule has 0 aliphatic carbocycles. The van der Waals surface area contributed by atoms with Gasteiger partial charge < -0.3 is 9.80 Å². The summed E-state index contributed by atoms with van der Waals surface area (Å²) in [5, 5.41) is 12.6. The number of aromatic nitrogens is 4. The number of nitrogens with zero attached hydrogens (tertiary/aromatic N) is 6. The number of rotatable bonds is 6. The van der Waals surface area contributed by atoms with Crippen molar-refractivity contribution >= 4 is 5.82 Å². The van der Waals surface area contributed by atoms with E-state index in [1.165, 1.54) is 18.4 Å². The zero-order valence-corrected chi connectivity index (χ0v) is 15.1. The lowest BCUT2D eigenvalue weighted by atomic mass is 10.1. The van der Waals surface area contributed by atoms with E-state index < -0.39 is 0 Å². The molecular weight excluding hydrogens is 324 g/mol. The summed E-state index contributed by atoms with van der Waals surface area (Å²) in [6.45, 7) is 3.03. The van der Waals surface area contributed by atoms with E-state index in [1.54, 1.807) is 12.4 Å². The average molecular weight is 348 g/mol. The van der Waals surface area contributed by atoms with Crippen molar-refractivity contribution in [3.63, 3.8) is 0 Å². The van der Waals surface area contributed by atoms with Gasteiger partial charge in [-0.15, -0.1) is 5.10 Å². The van der Waals surface area contributed by atoms with E-state index >= 15 is 0 Å². The van der Waals surface area contributed by atoms with Gasteiger partial charge in [-0.05, 0) is 55.8 Å². The first-order valence-electron chi connectivity index (χ1n) is 9.11. The van der Waals surface area contributed by atoms with Gasteiger partial charge in [0, 0.05) is 44.3 Å². The predicted octanol–water partition coefficient (Wildman–Crippen LogP) is 2.76. The van der Waals surface area contributed by atoms with Crippen LogP contribution in [0.1, 0.15) is 18.4 Å². The standard InChI is InChI=1S/C20H24N6/c1-24(15-17-7-9-18(10-8-17)26-14-4-12-22-26)16-19-5-3-13-25(19)20-6-2-11-21-23-20/h2,4,6-12,14,19H,3,5,13,15-16H2,1H3. The Kier molecular flexibility index (Phi) is 4.93. The van der Waals surface area contributed by atoms with Crippen molar-refractivity contribution in [1.82, 2.24) is 24.9 Å². The van der Waals surface area contributed by atoms with E-state index in [-0.39, 0.29) is 0 Å². The van der Waals surface area contributed by atoms with Crippen LogP contribution in [0.3, 0.4) is 0 Å². The van der Waals surface area contributed by atoms with Crippen molar-refractivity contribution in [2.24, 2.45) is 0 Å². The number of anilines is 1. The third-order valence-electron chi connectivity index (χ3n) is 4.91. The Morgan fingerprint density at radius 1 is 1.12 bits per heavy atom. The summed E-state index contributed by atoms with van der Waals surface area (Å²) in [4.78, 5) is 4.78. The number of benzene rings is 1. The molecule has 26 heavy (non-hydrogen) atoms. The molecule has 3 heterocycles. The molecule has 3 aromatic rings. The van der Waals surface area contributed by atoms with E-state index in [1.807, 2.05) is 23.0 Å². The third-order valence-corrected chi connectivity index (χ3v) is 4.91. The minimum absolute atomic E-state index is 0.500. The van der Waals surface area contributed by atoms with Crippen LogP contribution in [0.5, 0.6) is 0 Å². The van der Waals surface area contributed by atoms with Crippen molar-refractivity contribution in [3.05, 3.63) is 66.6 Å². The summed E-state index contributed by atoms with van der Waals surface area (Å²) in [7, 11) is 2.19. The summed E-state index contributed by atoms with van der Waals surface area (Å²) < 4.78 is 1.88. The fourth-order valence-electron chi connectivity index (χ4n) is 3.69. The van der Waals surface area contributed by atoms with Crippen molar-refractivity contribution in [2.75, 3.05) is 25.0 Å². The third kappa shape index (κ3) is 3.75. The highest BCUT2D eigenvalue weighted by Crippen LogP contribution is 2.24. The monoisotopic (exact) mass is 348 g/mol. The van der Waals surface area contributed by atoms with Crippen LogP contribution in [-0.2, 0) is 6.54 Å². The minimum Gasteiger partial charge on any atom is -0.351 e. The highest BCUT2D eigenvalue weighted by molar-refractivity contribution is 5.39. The van der Waals surface area contributed by atoms with Crippen LogP contribution in [0, 0.1) is 0 Å². The maximum Gasteiger partial charge on any atom is 0.151 e. The zero-order chi connectivity index (χ0) is 17.8. The lowest BCUT2D eigenvalue weighted by Gasteiger charge is -2.29. The smallest absolute Gasteiger partial charge is 0.151 e. The van der Waals surface area contributed by atoms with Gasteiger partial charge in [0.15, 0.2) is 5.82 Å². The van der Waals surface area contributed by atoms with Crippen LogP contribution >= 0.6 is 0 Å². The summed E-state index contributed by atoms with van der Waals surface area (Å²) in [5.74, 6) is 0.993. The Morgan fingerprint density at radius 2 is 2.00 bits per heavy atom. The van der Waals surface area contributed by atoms with E-state index in [0.29, 0.717) is 6.04 Å². The first kappa shape index (κ1) is 16.7. The molecule has 0 radical (unpaired) electrons. The zero-order valence-electron chi connectivity index (χ0n) is 15.1. The second-order valence-electron chi connectivity index (χ2n) is 6.89. The quantitative estimate of drug-likeness (QED) is 0.686. The predicted molar refractivity (Wildman–Crippen MR) is 102 cm³/mol. The van der Waals surface area contributed by atoms with Crippen LogP contribution in [0.15, 0.2) is 61.1 Å². The molecule has 0 amide bonds. The summed E-state index contributed by atoms with van der Waals surface area (Å²) >= 11 is 0. The normalized spacial score (nSPS) is 17.2. The molecule has 6 nitrogen and oxygen atoms in total. The average Bonchev–Trinajstić information content (AvgIpc) is 3.35. The molecule has 1 fully saturated rings. The van der Waals surface area contributed by atoms with Crippen LogP contribution in [0.2, 0.25) is 0 Å². The molecule has 1 atom stereocenters. The second-order valence-corrected chi connectivity index (χ2v) is 6.89. The van der Waals surface area contributed by atoms with Gasteiger partial charge in [0.2, 0.25) is 0 Å². The Bertz CT molecular complexity index is 800. The van der Waals surface area contributed by atoms with Gasteiger partial charge >= 0.3 is 0 Å². The molecule has 2 aromatic heterocycles.